The third kappa shape index (κ3) is 2.42. The Balaban J connectivity index is 2.32. The van der Waals surface area contributed by atoms with Gasteiger partial charge in [0.05, 0.1) is 6.42 Å². The van der Waals surface area contributed by atoms with Crippen LogP contribution in [0.4, 0.5) is 0 Å². The molecule has 2 aromatic rings. The van der Waals surface area contributed by atoms with E-state index in [1.807, 2.05) is 18.2 Å². The Morgan fingerprint density at radius 1 is 1.28 bits per heavy atom. The molecule has 0 saturated carbocycles. The van der Waals surface area contributed by atoms with Crippen molar-refractivity contribution >= 4 is 22.7 Å². The standard InChI is InChI=1S/C14H15NO3/c1-2-9-3-4-12-10(7-9)11(8-15-12)13(16)5-6-14(17)18/h3-4,7-8,15H,2,5-6H2,1H3,(H,17,18). The predicted octanol–water partition coefficient (Wildman–Crippen LogP) is 2.78. The van der Waals surface area contributed by atoms with Crippen molar-refractivity contribution in [1.82, 2.24) is 4.98 Å². The number of hydrogen-bond donors (Lipinski definition) is 2. The van der Waals surface area contributed by atoms with E-state index in [1.54, 1.807) is 6.20 Å². The Labute approximate surface area is 105 Å². The summed E-state index contributed by atoms with van der Waals surface area (Å²) < 4.78 is 0. The largest absolute Gasteiger partial charge is 0.481 e. The van der Waals surface area contributed by atoms with Gasteiger partial charge in [-0.15, -0.1) is 0 Å². The van der Waals surface area contributed by atoms with Gasteiger partial charge in [0, 0.05) is 29.1 Å². The van der Waals surface area contributed by atoms with Crippen LogP contribution in [0.25, 0.3) is 10.9 Å². The normalized spacial score (nSPS) is 10.7. The van der Waals surface area contributed by atoms with Crippen LogP contribution in [0.15, 0.2) is 24.4 Å². The first kappa shape index (κ1) is 12.4. The summed E-state index contributed by atoms with van der Waals surface area (Å²) in [6, 6.07) is 5.95. The van der Waals surface area contributed by atoms with Crippen LogP contribution in [0.5, 0.6) is 0 Å². The lowest BCUT2D eigenvalue weighted by Gasteiger charge is -2.00. The number of carbonyl (C=O) groups excluding carboxylic acids is 1. The van der Waals surface area contributed by atoms with Crippen molar-refractivity contribution < 1.29 is 14.7 Å². The molecule has 1 heterocycles. The first-order chi connectivity index (χ1) is 8.61. The number of H-pyrrole nitrogens is 1. The van der Waals surface area contributed by atoms with E-state index in [0.29, 0.717) is 5.56 Å². The van der Waals surface area contributed by atoms with Crippen molar-refractivity contribution in [2.24, 2.45) is 0 Å². The van der Waals surface area contributed by atoms with Crippen molar-refractivity contribution in [3.8, 4) is 0 Å². The maximum absolute atomic E-state index is 11.9. The van der Waals surface area contributed by atoms with Crippen molar-refractivity contribution in [3.05, 3.63) is 35.5 Å². The van der Waals surface area contributed by atoms with Crippen LogP contribution in [-0.4, -0.2) is 21.8 Å². The molecule has 0 amide bonds. The van der Waals surface area contributed by atoms with E-state index < -0.39 is 5.97 Å². The smallest absolute Gasteiger partial charge is 0.303 e. The number of Topliss-reactive ketones (excluding diaryl/α,β-unsaturated/α-hetero) is 1. The molecule has 4 nitrogen and oxygen atoms in total. The number of aryl methyl sites for hydroxylation is 1. The summed E-state index contributed by atoms with van der Waals surface area (Å²) in [5.41, 5.74) is 2.65. The quantitative estimate of drug-likeness (QED) is 0.796. The fraction of sp³-hybridized carbons (Fsp3) is 0.286. The maximum Gasteiger partial charge on any atom is 0.303 e. The number of nitrogens with one attached hydrogen (secondary N) is 1. The molecule has 0 aliphatic rings. The summed E-state index contributed by atoms with van der Waals surface area (Å²) in [6.45, 7) is 2.06. The number of rotatable bonds is 5. The zero-order valence-corrected chi connectivity index (χ0v) is 10.2. The van der Waals surface area contributed by atoms with Crippen molar-refractivity contribution in [1.29, 1.82) is 0 Å². The molecule has 0 fully saturated rings. The van der Waals surface area contributed by atoms with Crippen LogP contribution < -0.4 is 0 Å². The van der Waals surface area contributed by atoms with Crippen molar-refractivity contribution in [2.75, 3.05) is 0 Å². The average Bonchev–Trinajstić information content (AvgIpc) is 2.78. The SMILES string of the molecule is CCc1ccc2[nH]cc(C(=O)CCC(=O)O)c2c1. The number of carbonyl (C=O) groups is 2. The number of aliphatic carboxylic acids is 1. The lowest BCUT2D eigenvalue weighted by atomic mass is 10.0. The molecule has 0 bridgehead atoms. The average molecular weight is 245 g/mol. The van der Waals surface area contributed by atoms with Gasteiger partial charge in [-0.25, -0.2) is 0 Å². The van der Waals surface area contributed by atoms with Gasteiger partial charge in [-0.3, -0.25) is 9.59 Å². The molecular weight excluding hydrogens is 230 g/mol. The van der Waals surface area contributed by atoms with Gasteiger partial charge in [-0.1, -0.05) is 13.0 Å². The van der Waals surface area contributed by atoms with E-state index in [4.69, 9.17) is 5.11 Å². The minimum absolute atomic E-state index is 0.0403. The van der Waals surface area contributed by atoms with Gasteiger partial charge in [0.1, 0.15) is 0 Å². The monoisotopic (exact) mass is 245 g/mol. The van der Waals surface area contributed by atoms with Crippen molar-refractivity contribution in [3.63, 3.8) is 0 Å². The second-order valence-electron chi connectivity index (χ2n) is 4.25. The van der Waals surface area contributed by atoms with Gasteiger partial charge < -0.3 is 10.1 Å². The lowest BCUT2D eigenvalue weighted by molar-refractivity contribution is -0.136. The van der Waals surface area contributed by atoms with Crippen molar-refractivity contribution in [2.45, 2.75) is 26.2 Å². The first-order valence-electron chi connectivity index (χ1n) is 5.97. The van der Waals surface area contributed by atoms with E-state index in [9.17, 15) is 9.59 Å². The summed E-state index contributed by atoms with van der Waals surface area (Å²) in [5, 5.41) is 9.47. The van der Waals surface area contributed by atoms with Gasteiger partial charge in [-0.05, 0) is 24.1 Å². The van der Waals surface area contributed by atoms with Gasteiger partial charge in [0.25, 0.3) is 0 Å². The molecule has 0 aliphatic carbocycles. The maximum atomic E-state index is 11.9. The number of carboxylic acid groups (broad SMARTS) is 1. The molecule has 0 atom stereocenters. The van der Waals surface area contributed by atoms with Gasteiger partial charge >= 0.3 is 5.97 Å². The van der Waals surface area contributed by atoms with E-state index in [-0.39, 0.29) is 18.6 Å². The fourth-order valence-corrected chi connectivity index (χ4v) is 1.97. The van der Waals surface area contributed by atoms with Gasteiger partial charge in [0.2, 0.25) is 0 Å². The molecule has 4 heteroatoms. The highest BCUT2D eigenvalue weighted by atomic mass is 16.4. The Bertz CT molecular complexity index is 598. The molecule has 0 aliphatic heterocycles. The highest BCUT2D eigenvalue weighted by Gasteiger charge is 2.13. The number of carboxylic acids is 1. The van der Waals surface area contributed by atoms with Crippen LogP contribution >= 0.6 is 0 Å². The molecule has 2 rings (SSSR count). The number of benzene rings is 1. The topological polar surface area (TPSA) is 70.2 Å². The molecule has 0 unspecified atom stereocenters. The number of hydrogen-bond acceptors (Lipinski definition) is 2. The molecule has 1 aromatic carbocycles. The highest BCUT2D eigenvalue weighted by molar-refractivity contribution is 6.08. The van der Waals surface area contributed by atoms with E-state index in [0.717, 1.165) is 22.9 Å². The summed E-state index contributed by atoms with van der Waals surface area (Å²) in [6.07, 6.45) is 2.48. The Morgan fingerprint density at radius 3 is 2.72 bits per heavy atom. The third-order valence-electron chi connectivity index (χ3n) is 3.02. The van der Waals surface area contributed by atoms with Gasteiger partial charge in [0.15, 0.2) is 5.78 Å². The Morgan fingerprint density at radius 2 is 2.06 bits per heavy atom. The van der Waals surface area contributed by atoms with Crippen LogP contribution in [0.3, 0.4) is 0 Å². The second-order valence-corrected chi connectivity index (χ2v) is 4.25. The Kier molecular flexibility index (Phi) is 3.46. The molecule has 18 heavy (non-hydrogen) atoms. The van der Waals surface area contributed by atoms with E-state index >= 15 is 0 Å². The molecule has 0 saturated heterocycles. The predicted molar refractivity (Wildman–Crippen MR) is 68.9 cm³/mol. The zero-order valence-electron chi connectivity index (χ0n) is 10.2. The minimum atomic E-state index is -0.947. The van der Waals surface area contributed by atoms with E-state index in [2.05, 4.69) is 11.9 Å². The third-order valence-corrected chi connectivity index (χ3v) is 3.02. The Hall–Kier alpha value is -2.10. The minimum Gasteiger partial charge on any atom is -0.481 e. The molecule has 1 aromatic heterocycles. The molecular formula is C14H15NO3. The van der Waals surface area contributed by atoms with Gasteiger partial charge in [-0.2, -0.15) is 0 Å². The van der Waals surface area contributed by atoms with Crippen LogP contribution in [0, 0.1) is 0 Å². The number of aromatic nitrogens is 1. The summed E-state index contributed by atoms with van der Waals surface area (Å²) in [4.78, 5) is 25.5. The fourth-order valence-electron chi connectivity index (χ4n) is 1.97. The van der Waals surface area contributed by atoms with Crippen LogP contribution in [0.1, 0.15) is 35.7 Å². The summed E-state index contributed by atoms with van der Waals surface area (Å²) in [7, 11) is 0. The number of fused-ring (bicyclic) bond motifs is 1. The molecule has 2 N–H and O–H groups in total. The lowest BCUT2D eigenvalue weighted by Crippen LogP contribution is -2.03. The van der Waals surface area contributed by atoms with E-state index in [1.165, 1.54) is 0 Å². The molecule has 94 valence electrons. The first-order valence-corrected chi connectivity index (χ1v) is 5.97. The summed E-state index contributed by atoms with van der Waals surface area (Å²) in [5.74, 6) is -1.07. The van der Waals surface area contributed by atoms with Crippen LogP contribution in [-0.2, 0) is 11.2 Å². The molecule has 0 radical (unpaired) electrons. The van der Waals surface area contributed by atoms with Crippen LogP contribution in [0.2, 0.25) is 0 Å². The summed E-state index contributed by atoms with van der Waals surface area (Å²) >= 11 is 0. The molecule has 0 spiro atoms. The zero-order chi connectivity index (χ0) is 13.1. The number of aromatic amines is 1. The second kappa shape index (κ2) is 5.04. The highest BCUT2D eigenvalue weighted by Crippen LogP contribution is 2.21. The number of ketones is 1.